The van der Waals surface area contributed by atoms with Gasteiger partial charge in [-0.3, -0.25) is 0 Å². The van der Waals surface area contributed by atoms with E-state index in [1.807, 2.05) is 50.2 Å². The minimum absolute atomic E-state index is 0.216. The summed E-state index contributed by atoms with van der Waals surface area (Å²) in [6, 6.07) is 15.7. The van der Waals surface area contributed by atoms with Crippen molar-refractivity contribution in [3.8, 4) is 5.75 Å². The highest BCUT2D eigenvalue weighted by molar-refractivity contribution is 5.90. The van der Waals surface area contributed by atoms with Gasteiger partial charge in [0.15, 0.2) is 0 Å². The van der Waals surface area contributed by atoms with E-state index in [0.717, 1.165) is 18.5 Å². The first-order chi connectivity index (χ1) is 12.1. The van der Waals surface area contributed by atoms with Crippen LogP contribution < -0.4 is 20.3 Å². The Morgan fingerprint density at radius 2 is 1.92 bits per heavy atom. The number of hydrogen-bond acceptors (Lipinski definition) is 3. The van der Waals surface area contributed by atoms with Crippen molar-refractivity contribution in [1.82, 2.24) is 5.32 Å². The van der Waals surface area contributed by atoms with Crippen LogP contribution in [0.1, 0.15) is 18.9 Å². The Bertz CT molecular complexity index is 674. The van der Waals surface area contributed by atoms with Gasteiger partial charge < -0.3 is 20.3 Å². The molecule has 0 aromatic heterocycles. The van der Waals surface area contributed by atoms with E-state index in [-0.39, 0.29) is 6.03 Å². The van der Waals surface area contributed by atoms with Crippen molar-refractivity contribution in [3.05, 3.63) is 54.1 Å². The summed E-state index contributed by atoms with van der Waals surface area (Å²) in [5, 5.41) is 5.74. The number of hydrogen-bond donors (Lipinski definition) is 2. The third-order valence-electron chi connectivity index (χ3n) is 3.84. The van der Waals surface area contributed by atoms with Crippen LogP contribution in [0, 0.1) is 6.92 Å². The van der Waals surface area contributed by atoms with Gasteiger partial charge in [-0.2, -0.15) is 0 Å². The molecule has 0 radical (unpaired) electrons. The molecule has 0 bridgehead atoms. The van der Waals surface area contributed by atoms with Gasteiger partial charge in [-0.1, -0.05) is 24.3 Å². The van der Waals surface area contributed by atoms with E-state index >= 15 is 0 Å². The Kier molecular flexibility index (Phi) is 7.14. The molecule has 0 saturated heterocycles. The zero-order valence-corrected chi connectivity index (χ0v) is 15.2. The largest absolute Gasteiger partial charge is 0.492 e. The number of nitrogens with one attached hydrogen (secondary N) is 2. The number of rotatable bonds is 8. The highest BCUT2D eigenvalue weighted by atomic mass is 16.5. The number of anilines is 2. The standard InChI is InChI=1S/C20H27N3O2/c1-4-25-19-15-16(2)11-12-18(19)22-20(24)21-13-8-14-23(3)17-9-6-5-7-10-17/h5-7,9-12,15H,4,8,13-14H2,1-3H3,(H2,21,22,24). The fourth-order valence-electron chi connectivity index (χ4n) is 2.50. The normalized spacial score (nSPS) is 10.2. The summed E-state index contributed by atoms with van der Waals surface area (Å²) in [5.41, 5.74) is 2.96. The predicted molar refractivity (Wildman–Crippen MR) is 104 cm³/mol. The lowest BCUT2D eigenvalue weighted by Gasteiger charge is -2.19. The molecular formula is C20H27N3O2. The number of aryl methyl sites for hydroxylation is 1. The van der Waals surface area contributed by atoms with Crippen molar-refractivity contribution in [3.63, 3.8) is 0 Å². The molecule has 0 heterocycles. The van der Waals surface area contributed by atoms with Gasteiger partial charge in [-0.25, -0.2) is 4.79 Å². The number of nitrogens with zero attached hydrogens (tertiary/aromatic N) is 1. The third kappa shape index (κ3) is 6.03. The molecule has 5 heteroatoms. The van der Waals surface area contributed by atoms with Crippen LogP contribution in [0.2, 0.25) is 0 Å². The molecule has 134 valence electrons. The van der Waals surface area contributed by atoms with Crippen molar-refractivity contribution in [2.75, 3.05) is 37.0 Å². The van der Waals surface area contributed by atoms with E-state index in [1.54, 1.807) is 0 Å². The van der Waals surface area contributed by atoms with Gasteiger partial charge in [0.1, 0.15) is 5.75 Å². The maximum Gasteiger partial charge on any atom is 0.319 e. The van der Waals surface area contributed by atoms with Crippen LogP contribution in [-0.4, -0.2) is 32.8 Å². The molecule has 0 aliphatic rings. The maximum atomic E-state index is 12.1. The Morgan fingerprint density at radius 3 is 2.64 bits per heavy atom. The SMILES string of the molecule is CCOc1cc(C)ccc1NC(=O)NCCCN(C)c1ccccc1. The van der Waals surface area contributed by atoms with Crippen molar-refractivity contribution < 1.29 is 9.53 Å². The summed E-state index contributed by atoms with van der Waals surface area (Å²) in [7, 11) is 2.05. The van der Waals surface area contributed by atoms with Crippen LogP contribution in [0.3, 0.4) is 0 Å². The summed E-state index contributed by atoms with van der Waals surface area (Å²) in [6.45, 7) is 5.97. The molecule has 0 fully saturated rings. The van der Waals surface area contributed by atoms with Crippen LogP contribution in [0.15, 0.2) is 48.5 Å². The molecular weight excluding hydrogens is 314 g/mol. The number of urea groups is 1. The van der Waals surface area contributed by atoms with Gasteiger partial charge in [0.25, 0.3) is 0 Å². The third-order valence-corrected chi connectivity index (χ3v) is 3.84. The lowest BCUT2D eigenvalue weighted by Crippen LogP contribution is -2.31. The lowest BCUT2D eigenvalue weighted by molar-refractivity contribution is 0.252. The fourth-order valence-corrected chi connectivity index (χ4v) is 2.50. The van der Waals surface area contributed by atoms with E-state index < -0.39 is 0 Å². The molecule has 0 aliphatic heterocycles. The zero-order chi connectivity index (χ0) is 18.1. The van der Waals surface area contributed by atoms with Gasteiger partial charge in [-0.05, 0) is 50.1 Å². The highest BCUT2D eigenvalue weighted by Crippen LogP contribution is 2.25. The molecule has 0 spiro atoms. The Balaban J connectivity index is 1.76. The summed E-state index contributed by atoms with van der Waals surface area (Å²) in [4.78, 5) is 14.3. The number of para-hydroxylation sites is 1. The Hall–Kier alpha value is -2.69. The summed E-state index contributed by atoms with van der Waals surface area (Å²) >= 11 is 0. The fraction of sp³-hybridized carbons (Fsp3) is 0.350. The van der Waals surface area contributed by atoms with E-state index in [9.17, 15) is 4.79 Å². The molecule has 25 heavy (non-hydrogen) atoms. The number of amides is 2. The lowest BCUT2D eigenvalue weighted by atomic mass is 10.2. The van der Waals surface area contributed by atoms with Crippen LogP contribution in [0.5, 0.6) is 5.75 Å². The quantitative estimate of drug-likeness (QED) is 0.713. The molecule has 0 atom stereocenters. The molecule has 0 unspecified atom stereocenters. The van der Waals surface area contributed by atoms with Crippen molar-refractivity contribution in [2.45, 2.75) is 20.3 Å². The molecule has 0 aliphatic carbocycles. The number of carbonyl (C=O) groups is 1. The molecule has 5 nitrogen and oxygen atoms in total. The average molecular weight is 341 g/mol. The molecule has 2 aromatic carbocycles. The zero-order valence-electron chi connectivity index (χ0n) is 15.2. The van der Waals surface area contributed by atoms with Gasteiger partial charge in [-0.15, -0.1) is 0 Å². The summed E-state index contributed by atoms with van der Waals surface area (Å²) in [5.74, 6) is 0.696. The second kappa shape index (κ2) is 9.57. The highest BCUT2D eigenvalue weighted by Gasteiger charge is 2.08. The Morgan fingerprint density at radius 1 is 1.16 bits per heavy atom. The van der Waals surface area contributed by atoms with Gasteiger partial charge >= 0.3 is 6.03 Å². The summed E-state index contributed by atoms with van der Waals surface area (Å²) in [6.07, 6.45) is 0.866. The number of carbonyl (C=O) groups excluding carboxylic acids is 1. The predicted octanol–water partition coefficient (Wildman–Crippen LogP) is 4.04. The van der Waals surface area contributed by atoms with Crippen LogP contribution >= 0.6 is 0 Å². The van der Waals surface area contributed by atoms with E-state index in [4.69, 9.17) is 4.74 Å². The average Bonchev–Trinajstić information content (AvgIpc) is 2.62. The Labute approximate surface area is 150 Å². The number of ether oxygens (including phenoxy) is 1. The minimum Gasteiger partial charge on any atom is -0.492 e. The van der Waals surface area contributed by atoms with Crippen LogP contribution in [0.4, 0.5) is 16.2 Å². The topological polar surface area (TPSA) is 53.6 Å². The van der Waals surface area contributed by atoms with Crippen molar-refractivity contribution in [2.24, 2.45) is 0 Å². The summed E-state index contributed by atoms with van der Waals surface area (Å²) < 4.78 is 5.58. The molecule has 2 amide bonds. The monoisotopic (exact) mass is 341 g/mol. The van der Waals surface area contributed by atoms with E-state index in [1.165, 1.54) is 5.69 Å². The smallest absolute Gasteiger partial charge is 0.319 e. The second-order valence-electron chi connectivity index (χ2n) is 5.92. The van der Waals surface area contributed by atoms with Gasteiger partial charge in [0, 0.05) is 25.8 Å². The first-order valence-electron chi connectivity index (χ1n) is 8.64. The van der Waals surface area contributed by atoms with Crippen LogP contribution in [-0.2, 0) is 0 Å². The first-order valence-corrected chi connectivity index (χ1v) is 8.64. The first kappa shape index (κ1) is 18.6. The van der Waals surface area contributed by atoms with E-state index in [0.29, 0.717) is 24.6 Å². The van der Waals surface area contributed by atoms with Crippen LogP contribution in [0.25, 0.3) is 0 Å². The molecule has 2 aromatic rings. The molecule has 2 N–H and O–H groups in total. The van der Waals surface area contributed by atoms with Crippen molar-refractivity contribution >= 4 is 17.4 Å². The molecule has 0 saturated carbocycles. The minimum atomic E-state index is -0.216. The van der Waals surface area contributed by atoms with Gasteiger partial charge in [0.05, 0.1) is 12.3 Å². The van der Waals surface area contributed by atoms with Crippen molar-refractivity contribution in [1.29, 1.82) is 0 Å². The van der Waals surface area contributed by atoms with E-state index in [2.05, 4.69) is 34.7 Å². The van der Waals surface area contributed by atoms with Gasteiger partial charge in [0.2, 0.25) is 0 Å². The second-order valence-corrected chi connectivity index (χ2v) is 5.92. The molecule has 2 rings (SSSR count). The number of benzene rings is 2. The maximum absolute atomic E-state index is 12.1.